The molecule has 0 amide bonds. The lowest BCUT2D eigenvalue weighted by Gasteiger charge is -2.19. The van der Waals surface area contributed by atoms with E-state index in [1.54, 1.807) is 12.1 Å². The Balaban J connectivity index is 2.08. The third kappa shape index (κ3) is 3.27. The summed E-state index contributed by atoms with van der Waals surface area (Å²) in [7, 11) is 3.07. The molecule has 3 rings (SSSR count). The largest absolute Gasteiger partial charge is 0.261 e. The Labute approximate surface area is 145 Å². The molecule has 0 aromatic heterocycles. The standard InChI is InChI=1S/C12H6Cl2O4S4/c13-21(15,16)7-1-3-9-11(5-7)20-12-6-8(22(14,17)18)2-4-10(12)19-9/h1-6H. The summed E-state index contributed by atoms with van der Waals surface area (Å²) in [6, 6.07) is 9.18. The van der Waals surface area contributed by atoms with Crippen LogP contribution in [0.3, 0.4) is 0 Å². The average Bonchev–Trinajstić information content (AvgIpc) is 2.41. The molecule has 0 saturated carbocycles. The number of benzene rings is 2. The van der Waals surface area contributed by atoms with Crippen molar-refractivity contribution in [2.24, 2.45) is 0 Å². The van der Waals surface area contributed by atoms with E-state index in [1.807, 2.05) is 0 Å². The van der Waals surface area contributed by atoms with Gasteiger partial charge in [0, 0.05) is 40.9 Å². The Morgan fingerprint density at radius 2 is 1.00 bits per heavy atom. The summed E-state index contributed by atoms with van der Waals surface area (Å²) in [6.45, 7) is 0. The summed E-state index contributed by atoms with van der Waals surface area (Å²) in [5, 5.41) is 0. The van der Waals surface area contributed by atoms with Crippen LogP contribution >= 0.6 is 44.9 Å². The van der Waals surface area contributed by atoms with Gasteiger partial charge in [0.25, 0.3) is 18.1 Å². The third-order valence-electron chi connectivity index (χ3n) is 2.83. The molecule has 2 aromatic rings. The van der Waals surface area contributed by atoms with E-state index in [0.29, 0.717) is 9.79 Å². The zero-order valence-electron chi connectivity index (χ0n) is 10.5. The molecule has 0 bridgehead atoms. The topological polar surface area (TPSA) is 68.3 Å². The Kier molecular flexibility index (Phi) is 4.20. The minimum Gasteiger partial charge on any atom is -0.207 e. The number of hydrogen-bond acceptors (Lipinski definition) is 6. The molecule has 4 nitrogen and oxygen atoms in total. The van der Waals surface area contributed by atoms with Gasteiger partial charge in [-0.2, -0.15) is 0 Å². The van der Waals surface area contributed by atoms with Crippen molar-refractivity contribution in [3.05, 3.63) is 36.4 Å². The SMILES string of the molecule is O=S(=O)(Cl)c1ccc2c(c1)Sc1cc(S(=O)(=O)Cl)ccc1S2. The van der Waals surface area contributed by atoms with Crippen LogP contribution in [-0.4, -0.2) is 16.8 Å². The van der Waals surface area contributed by atoms with Crippen LogP contribution in [-0.2, 0) is 18.1 Å². The second kappa shape index (κ2) is 5.61. The average molecular weight is 413 g/mol. The summed E-state index contributed by atoms with van der Waals surface area (Å²) in [6.07, 6.45) is 0. The van der Waals surface area contributed by atoms with Gasteiger partial charge in [-0.25, -0.2) is 16.8 Å². The highest BCUT2D eigenvalue weighted by molar-refractivity contribution is 8.14. The molecule has 22 heavy (non-hydrogen) atoms. The summed E-state index contributed by atoms with van der Waals surface area (Å²) < 4.78 is 45.6. The van der Waals surface area contributed by atoms with Crippen molar-refractivity contribution in [1.82, 2.24) is 0 Å². The molecule has 0 unspecified atom stereocenters. The number of halogens is 2. The highest BCUT2D eigenvalue weighted by atomic mass is 35.7. The van der Waals surface area contributed by atoms with Gasteiger partial charge in [-0.05, 0) is 36.4 Å². The highest BCUT2D eigenvalue weighted by Gasteiger charge is 2.22. The van der Waals surface area contributed by atoms with Crippen LogP contribution in [0.1, 0.15) is 0 Å². The molecule has 0 spiro atoms. The lowest BCUT2D eigenvalue weighted by molar-refractivity contribution is 0.607. The van der Waals surface area contributed by atoms with Crippen LogP contribution in [0, 0.1) is 0 Å². The summed E-state index contributed by atoms with van der Waals surface area (Å²) in [4.78, 5) is 3.16. The zero-order valence-corrected chi connectivity index (χ0v) is 15.3. The first-order valence-corrected chi connectivity index (χ1v) is 11.9. The van der Waals surface area contributed by atoms with E-state index in [1.165, 1.54) is 47.8 Å². The van der Waals surface area contributed by atoms with Gasteiger partial charge >= 0.3 is 0 Å². The van der Waals surface area contributed by atoms with E-state index in [2.05, 4.69) is 0 Å². The van der Waals surface area contributed by atoms with Gasteiger partial charge in [-0.15, -0.1) is 0 Å². The van der Waals surface area contributed by atoms with Crippen molar-refractivity contribution >= 4 is 63.0 Å². The van der Waals surface area contributed by atoms with Crippen LogP contribution < -0.4 is 0 Å². The van der Waals surface area contributed by atoms with Crippen molar-refractivity contribution < 1.29 is 16.8 Å². The Bertz CT molecular complexity index is 905. The van der Waals surface area contributed by atoms with E-state index in [-0.39, 0.29) is 9.79 Å². The number of rotatable bonds is 2. The third-order valence-corrected chi connectivity index (χ3v) is 8.06. The molecule has 1 aliphatic rings. The molecule has 1 aliphatic heterocycles. The van der Waals surface area contributed by atoms with E-state index in [9.17, 15) is 16.8 Å². The van der Waals surface area contributed by atoms with Crippen molar-refractivity contribution in [3.63, 3.8) is 0 Å². The first-order chi connectivity index (χ1) is 10.1. The molecule has 0 N–H and O–H groups in total. The van der Waals surface area contributed by atoms with Gasteiger partial charge in [-0.1, -0.05) is 23.5 Å². The normalized spacial score (nSPS) is 14.3. The highest BCUT2D eigenvalue weighted by Crippen LogP contribution is 2.49. The molecule has 116 valence electrons. The fourth-order valence-corrected chi connectivity index (χ4v) is 5.82. The van der Waals surface area contributed by atoms with Crippen LogP contribution in [0.15, 0.2) is 65.8 Å². The maximum Gasteiger partial charge on any atom is 0.261 e. The summed E-state index contributed by atoms with van der Waals surface area (Å²) in [5.74, 6) is 0. The van der Waals surface area contributed by atoms with Gasteiger partial charge in [0.15, 0.2) is 0 Å². The second-order valence-electron chi connectivity index (χ2n) is 4.30. The van der Waals surface area contributed by atoms with Crippen LogP contribution in [0.4, 0.5) is 0 Å². The van der Waals surface area contributed by atoms with Crippen molar-refractivity contribution in [2.45, 2.75) is 29.4 Å². The molecule has 1 heterocycles. The monoisotopic (exact) mass is 412 g/mol. The molecule has 0 fully saturated rings. The Morgan fingerprint density at radius 3 is 1.36 bits per heavy atom. The number of hydrogen-bond donors (Lipinski definition) is 0. The lowest BCUT2D eigenvalue weighted by Crippen LogP contribution is -1.96. The number of fused-ring (bicyclic) bond motifs is 2. The van der Waals surface area contributed by atoms with Gasteiger partial charge in [0.2, 0.25) is 0 Å². The van der Waals surface area contributed by atoms with E-state index >= 15 is 0 Å². The molecule has 0 radical (unpaired) electrons. The van der Waals surface area contributed by atoms with Gasteiger partial charge in [0.05, 0.1) is 9.79 Å². The van der Waals surface area contributed by atoms with Gasteiger partial charge in [0.1, 0.15) is 0 Å². The van der Waals surface area contributed by atoms with Crippen LogP contribution in [0.2, 0.25) is 0 Å². The quantitative estimate of drug-likeness (QED) is 0.588. The first kappa shape index (κ1) is 16.5. The molecule has 0 saturated heterocycles. The van der Waals surface area contributed by atoms with Gasteiger partial charge in [-0.3, -0.25) is 0 Å². The fraction of sp³-hybridized carbons (Fsp3) is 0. The van der Waals surface area contributed by atoms with E-state index in [0.717, 1.165) is 9.79 Å². The smallest absolute Gasteiger partial charge is 0.207 e. The first-order valence-electron chi connectivity index (χ1n) is 5.68. The predicted molar refractivity (Wildman–Crippen MR) is 87.2 cm³/mol. The maximum absolute atomic E-state index is 11.4. The van der Waals surface area contributed by atoms with E-state index < -0.39 is 18.1 Å². The second-order valence-corrected chi connectivity index (χ2v) is 11.6. The lowest BCUT2D eigenvalue weighted by atomic mass is 10.3. The van der Waals surface area contributed by atoms with E-state index in [4.69, 9.17) is 21.4 Å². The van der Waals surface area contributed by atoms with Crippen molar-refractivity contribution in [3.8, 4) is 0 Å². The fourth-order valence-electron chi connectivity index (χ4n) is 1.85. The maximum atomic E-state index is 11.4. The summed E-state index contributed by atoms with van der Waals surface area (Å²) in [5.41, 5.74) is 0. The molecule has 0 atom stereocenters. The Hall–Kier alpha value is -0.380. The minimum atomic E-state index is -3.81. The molecule has 10 heteroatoms. The molecule has 0 aliphatic carbocycles. The molecular formula is C12H6Cl2O4S4. The zero-order chi connectivity index (χ0) is 16.1. The van der Waals surface area contributed by atoms with Crippen molar-refractivity contribution in [2.75, 3.05) is 0 Å². The minimum absolute atomic E-state index is 0.00517. The van der Waals surface area contributed by atoms with Crippen LogP contribution in [0.5, 0.6) is 0 Å². The predicted octanol–water partition coefficient (Wildman–Crippen LogP) is 4.16. The molecular weight excluding hydrogens is 407 g/mol. The Morgan fingerprint density at radius 1 is 0.636 bits per heavy atom. The van der Waals surface area contributed by atoms with Crippen LogP contribution in [0.25, 0.3) is 0 Å². The van der Waals surface area contributed by atoms with Crippen molar-refractivity contribution in [1.29, 1.82) is 0 Å². The molecule has 2 aromatic carbocycles. The summed E-state index contributed by atoms with van der Waals surface area (Å²) >= 11 is 2.70. The van der Waals surface area contributed by atoms with Gasteiger partial charge < -0.3 is 0 Å².